The van der Waals surface area contributed by atoms with E-state index in [-0.39, 0.29) is 12.5 Å². The van der Waals surface area contributed by atoms with Crippen LogP contribution in [0.2, 0.25) is 0 Å². The third-order valence-electron chi connectivity index (χ3n) is 2.54. The molecule has 1 amide bonds. The summed E-state index contributed by atoms with van der Waals surface area (Å²) >= 11 is 0. The van der Waals surface area contributed by atoms with Gasteiger partial charge >= 0.3 is 0 Å². The molecule has 106 valence electrons. The van der Waals surface area contributed by atoms with Crippen molar-refractivity contribution in [2.75, 3.05) is 19.0 Å². The highest BCUT2D eigenvalue weighted by molar-refractivity contribution is 5.90. The maximum atomic E-state index is 11.7. The molecule has 0 fully saturated rings. The van der Waals surface area contributed by atoms with Crippen LogP contribution in [0.1, 0.15) is 11.3 Å². The topological polar surface area (TPSA) is 76.4 Å². The van der Waals surface area contributed by atoms with Crippen molar-refractivity contribution in [3.05, 3.63) is 41.7 Å². The Balaban J connectivity index is 1.85. The van der Waals surface area contributed by atoms with Crippen LogP contribution >= 0.6 is 0 Å². The predicted molar refractivity (Wildman–Crippen MR) is 74.6 cm³/mol. The maximum Gasteiger partial charge on any atom is 0.263 e. The first-order chi connectivity index (χ1) is 9.67. The summed E-state index contributed by atoms with van der Waals surface area (Å²) in [5, 5.41) is 9.33. The van der Waals surface area contributed by atoms with Crippen molar-refractivity contribution in [2.45, 2.75) is 13.5 Å². The smallest absolute Gasteiger partial charge is 0.263 e. The normalized spacial score (nSPS) is 10.3. The lowest BCUT2D eigenvalue weighted by molar-refractivity contribution is -0.118. The molecule has 0 aliphatic carbocycles. The Morgan fingerprint density at radius 2 is 2.25 bits per heavy atom. The molecule has 1 heterocycles. The molecular formula is C14H17N3O3. The van der Waals surface area contributed by atoms with Crippen LogP contribution in [0.5, 0.6) is 5.75 Å². The standard InChI is InChI=1S/C14H17N3O3/c1-10-6-13(17-20-10)16-14(18)9-19-12-5-3-4-11(7-12)8-15-2/h3-7,15H,8-9H2,1-2H3,(H,16,17,18). The molecule has 0 atom stereocenters. The first kappa shape index (κ1) is 14.1. The van der Waals surface area contributed by atoms with Gasteiger partial charge in [0.05, 0.1) is 0 Å². The van der Waals surface area contributed by atoms with E-state index >= 15 is 0 Å². The van der Waals surface area contributed by atoms with E-state index in [0.29, 0.717) is 17.3 Å². The molecule has 0 saturated carbocycles. The minimum atomic E-state index is -0.280. The van der Waals surface area contributed by atoms with Crippen LogP contribution in [0.15, 0.2) is 34.9 Å². The maximum absolute atomic E-state index is 11.7. The summed E-state index contributed by atoms with van der Waals surface area (Å²) in [6.07, 6.45) is 0. The molecule has 1 aromatic heterocycles. The molecule has 0 saturated heterocycles. The van der Waals surface area contributed by atoms with Gasteiger partial charge in [0, 0.05) is 12.6 Å². The van der Waals surface area contributed by atoms with Crippen molar-refractivity contribution in [1.29, 1.82) is 0 Å². The van der Waals surface area contributed by atoms with Gasteiger partial charge in [0.25, 0.3) is 5.91 Å². The van der Waals surface area contributed by atoms with Gasteiger partial charge in [0.15, 0.2) is 12.4 Å². The number of carbonyl (C=O) groups excluding carboxylic acids is 1. The number of anilines is 1. The lowest BCUT2D eigenvalue weighted by atomic mass is 10.2. The summed E-state index contributed by atoms with van der Waals surface area (Å²) in [6.45, 7) is 2.43. The molecular weight excluding hydrogens is 258 g/mol. The Morgan fingerprint density at radius 3 is 2.95 bits per heavy atom. The molecule has 0 spiro atoms. The van der Waals surface area contributed by atoms with E-state index in [1.54, 1.807) is 13.0 Å². The van der Waals surface area contributed by atoms with Crippen LogP contribution in [-0.2, 0) is 11.3 Å². The predicted octanol–water partition coefficient (Wildman–Crippen LogP) is 1.72. The van der Waals surface area contributed by atoms with Gasteiger partial charge in [0.2, 0.25) is 0 Å². The van der Waals surface area contributed by atoms with E-state index in [2.05, 4.69) is 15.8 Å². The number of hydrogen-bond acceptors (Lipinski definition) is 5. The van der Waals surface area contributed by atoms with Crippen LogP contribution < -0.4 is 15.4 Å². The average molecular weight is 275 g/mol. The zero-order valence-corrected chi connectivity index (χ0v) is 11.5. The summed E-state index contributed by atoms with van der Waals surface area (Å²) in [4.78, 5) is 11.7. The number of nitrogens with one attached hydrogen (secondary N) is 2. The zero-order chi connectivity index (χ0) is 14.4. The number of carbonyl (C=O) groups is 1. The van der Waals surface area contributed by atoms with Crippen LogP contribution in [0.4, 0.5) is 5.82 Å². The number of aryl methyl sites for hydroxylation is 1. The van der Waals surface area contributed by atoms with Crippen LogP contribution in [0.25, 0.3) is 0 Å². The zero-order valence-electron chi connectivity index (χ0n) is 11.5. The molecule has 0 radical (unpaired) electrons. The molecule has 0 unspecified atom stereocenters. The number of nitrogens with zero attached hydrogens (tertiary/aromatic N) is 1. The van der Waals surface area contributed by atoms with E-state index in [4.69, 9.17) is 9.26 Å². The minimum absolute atomic E-state index is 0.0745. The van der Waals surface area contributed by atoms with Crippen molar-refractivity contribution in [1.82, 2.24) is 10.5 Å². The van der Waals surface area contributed by atoms with Crippen molar-refractivity contribution in [3.8, 4) is 5.75 Å². The number of aromatic nitrogens is 1. The molecule has 6 heteroatoms. The average Bonchev–Trinajstić information content (AvgIpc) is 2.83. The van der Waals surface area contributed by atoms with E-state index in [9.17, 15) is 4.79 Å². The molecule has 2 rings (SSSR count). The summed E-state index contributed by atoms with van der Waals surface area (Å²) < 4.78 is 10.3. The Hall–Kier alpha value is -2.34. The highest BCUT2D eigenvalue weighted by Gasteiger charge is 2.07. The Morgan fingerprint density at radius 1 is 1.40 bits per heavy atom. The van der Waals surface area contributed by atoms with Crippen LogP contribution in [0, 0.1) is 6.92 Å². The highest BCUT2D eigenvalue weighted by Crippen LogP contribution is 2.13. The molecule has 20 heavy (non-hydrogen) atoms. The van der Waals surface area contributed by atoms with Crippen LogP contribution in [-0.4, -0.2) is 24.7 Å². The van der Waals surface area contributed by atoms with E-state index < -0.39 is 0 Å². The Bertz CT molecular complexity index is 581. The summed E-state index contributed by atoms with van der Waals surface area (Å²) in [5.74, 6) is 1.41. The number of amides is 1. The fourth-order valence-electron chi connectivity index (χ4n) is 1.70. The third kappa shape index (κ3) is 4.10. The molecule has 0 aliphatic rings. The number of ether oxygens (including phenoxy) is 1. The van der Waals surface area contributed by atoms with Gasteiger partial charge in [-0.1, -0.05) is 17.3 Å². The monoisotopic (exact) mass is 275 g/mol. The van der Waals surface area contributed by atoms with Gasteiger partial charge in [-0.2, -0.15) is 0 Å². The van der Waals surface area contributed by atoms with Gasteiger partial charge < -0.3 is 19.9 Å². The number of rotatable bonds is 6. The molecule has 0 aliphatic heterocycles. The second-order valence-corrected chi connectivity index (χ2v) is 4.34. The van der Waals surface area contributed by atoms with E-state index in [0.717, 1.165) is 12.1 Å². The number of benzene rings is 1. The summed E-state index contributed by atoms with van der Waals surface area (Å²) in [7, 11) is 1.88. The van der Waals surface area contributed by atoms with Crippen molar-refractivity contribution >= 4 is 11.7 Å². The second kappa shape index (κ2) is 6.72. The SMILES string of the molecule is CNCc1cccc(OCC(=O)Nc2cc(C)on2)c1. The van der Waals surface area contributed by atoms with E-state index in [1.165, 1.54) is 0 Å². The van der Waals surface area contributed by atoms with Gasteiger partial charge in [-0.15, -0.1) is 0 Å². The quantitative estimate of drug-likeness (QED) is 0.839. The van der Waals surface area contributed by atoms with Crippen LogP contribution in [0.3, 0.4) is 0 Å². The van der Waals surface area contributed by atoms with Gasteiger partial charge in [-0.05, 0) is 31.7 Å². The number of hydrogen-bond donors (Lipinski definition) is 2. The molecule has 6 nitrogen and oxygen atoms in total. The minimum Gasteiger partial charge on any atom is -0.484 e. The lowest BCUT2D eigenvalue weighted by Gasteiger charge is -2.07. The lowest BCUT2D eigenvalue weighted by Crippen LogP contribution is -2.20. The van der Waals surface area contributed by atoms with Crippen molar-refractivity contribution in [2.24, 2.45) is 0 Å². The first-order valence-electron chi connectivity index (χ1n) is 6.27. The Labute approximate surface area is 117 Å². The summed E-state index contributed by atoms with van der Waals surface area (Å²) in [6, 6.07) is 9.23. The first-order valence-corrected chi connectivity index (χ1v) is 6.27. The molecule has 2 N–H and O–H groups in total. The van der Waals surface area contributed by atoms with E-state index in [1.807, 2.05) is 31.3 Å². The largest absolute Gasteiger partial charge is 0.484 e. The van der Waals surface area contributed by atoms with Crippen molar-refractivity contribution < 1.29 is 14.1 Å². The highest BCUT2D eigenvalue weighted by atomic mass is 16.5. The summed E-state index contributed by atoms with van der Waals surface area (Å²) in [5.41, 5.74) is 1.09. The fraction of sp³-hybridized carbons (Fsp3) is 0.286. The third-order valence-corrected chi connectivity index (χ3v) is 2.54. The second-order valence-electron chi connectivity index (χ2n) is 4.34. The van der Waals surface area contributed by atoms with Gasteiger partial charge in [-0.25, -0.2) is 0 Å². The van der Waals surface area contributed by atoms with Crippen molar-refractivity contribution in [3.63, 3.8) is 0 Å². The molecule has 1 aromatic carbocycles. The van der Waals surface area contributed by atoms with Gasteiger partial charge in [0.1, 0.15) is 11.5 Å². The van der Waals surface area contributed by atoms with Gasteiger partial charge in [-0.3, -0.25) is 4.79 Å². The molecule has 0 bridgehead atoms. The Kier molecular flexibility index (Phi) is 4.73. The molecule has 2 aromatic rings. The fourth-order valence-corrected chi connectivity index (χ4v) is 1.70.